The summed E-state index contributed by atoms with van der Waals surface area (Å²) in [5, 5.41) is 8.67. The number of methoxy groups -OCH3 is 1. The van der Waals surface area contributed by atoms with E-state index in [1.54, 1.807) is 25.1 Å². The number of carbonyl (C=O) groups excluding carboxylic acids is 1. The van der Waals surface area contributed by atoms with E-state index in [9.17, 15) is 9.59 Å². The van der Waals surface area contributed by atoms with E-state index in [1.807, 2.05) is 25.1 Å². The molecular weight excluding hydrogens is 428 g/mol. The molecule has 0 saturated heterocycles. The molecule has 4 nitrogen and oxygen atoms in total. The first-order valence-electron chi connectivity index (χ1n) is 6.61. The van der Waals surface area contributed by atoms with Crippen LogP contribution in [0, 0.1) is 13.8 Å². The van der Waals surface area contributed by atoms with Crippen molar-refractivity contribution in [3.63, 3.8) is 0 Å². The quantitative estimate of drug-likeness (QED) is 0.663. The molecule has 2 aromatic rings. The Morgan fingerprint density at radius 3 is 1.74 bits per heavy atom. The Hall–Kier alpha value is -1.66. The molecule has 0 unspecified atom stereocenters. The SMILES string of the molecule is COC(=O)c1cccc(Br)c1C.Cc1c(Br)cccc1C(=O)O. The molecule has 0 aliphatic rings. The molecule has 0 aliphatic carbocycles. The first-order valence-corrected chi connectivity index (χ1v) is 8.20. The molecule has 6 heteroatoms. The number of hydrogen-bond donors (Lipinski definition) is 1. The fraction of sp³-hybridized carbons (Fsp3) is 0.176. The van der Waals surface area contributed by atoms with E-state index in [0.29, 0.717) is 11.1 Å². The van der Waals surface area contributed by atoms with Gasteiger partial charge in [0.25, 0.3) is 0 Å². The minimum atomic E-state index is -0.885. The fourth-order valence-electron chi connectivity index (χ4n) is 1.78. The third kappa shape index (κ3) is 5.18. The summed E-state index contributed by atoms with van der Waals surface area (Å²) in [4.78, 5) is 21.7. The van der Waals surface area contributed by atoms with Crippen LogP contribution in [0.4, 0.5) is 0 Å². The van der Waals surface area contributed by atoms with E-state index in [0.717, 1.165) is 20.1 Å². The number of carboxylic acids is 1. The van der Waals surface area contributed by atoms with E-state index in [1.165, 1.54) is 7.11 Å². The number of aromatic carboxylic acids is 1. The predicted octanol–water partition coefficient (Wildman–Crippen LogP) is 5.00. The molecule has 0 radical (unpaired) electrons. The van der Waals surface area contributed by atoms with Gasteiger partial charge in [-0.3, -0.25) is 0 Å². The third-order valence-electron chi connectivity index (χ3n) is 3.17. The zero-order valence-corrected chi connectivity index (χ0v) is 16.1. The van der Waals surface area contributed by atoms with Crippen molar-refractivity contribution < 1.29 is 19.4 Å². The lowest BCUT2D eigenvalue weighted by molar-refractivity contribution is 0.0599. The van der Waals surface area contributed by atoms with Crippen LogP contribution in [-0.4, -0.2) is 24.2 Å². The molecule has 0 spiro atoms. The Kier molecular flexibility index (Phi) is 7.45. The third-order valence-corrected chi connectivity index (χ3v) is 4.89. The van der Waals surface area contributed by atoms with Crippen molar-refractivity contribution in [3.8, 4) is 0 Å². The molecule has 0 aromatic heterocycles. The number of benzene rings is 2. The van der Waals surface area contributed by atoms with Gasteiger partial charge in [0.05, 0.1) is 18.2 Å². The van der Waals surface area contributed by atoms with Gasteiger partial charge in [0.1, 0.15) is 0 Å². The second-order valence-electron chi connectivity index (χ2n) is 4.62. The van der Waals surface area contributed by atoms with Crippen LogP contribution in [0.3, 0.4) is 0 Å². The van der Waals surface area contributed by atoms with Gasteiger partial charge in [-0.15, -0.1) is 0 Å². The largest absolute Gasteiger partial charge is 0.478 e. The van der Waals surface area contributed by atoms with E-state index in [4.69, 9.17) is 5.11 Å². The number of halogens is 2. The summed E-state index contributed by atoms with van der Waals surface area (Å²) >= 11 is 6.59. The van der Waals surface area contributed by atoms with Crippen LogP contribution in [0.25, 0.3) is 0 Å². The smallest absolute Gasteiger partial charge is 0.338 e. The minimum Gasteiger partial charge on any atom is -0.478 e. The maximum absolute atomic E-state index is 11.1. The Balaban J connectivity index is 0.000000231. The van der Waals surface area contributed by atoms with E-state index >= 15 is 0 Å². The van der Waals surface area contributed by atoms with E-state index in [2.05, 4.69) is 36.6 Å². The number of esters is 1. The zero-order chi connectivity index (χ0) is 17.6. The van der Waals surface area contributed by atoms with Crippen LogP contribution >= 0.6 is 31.9 Å². The Bertz CT molecular complexity index is 727. The zero-order valence-electron chi connectivity index (χ0n) is 12.9. The van der Waals surface area contributed by atoms with Gasteiger partial charge in [0.2, 0.25) is 0 Å². The highest BCUT2D eigenvalue weighted by atomic mass is 79.9. The second kappa shape index (κ2) is 8.84. The van der Waals surface area contributed by atoms with Crippen LogP contribution in [0.2, 0.25) is 0 Å². The number of rotatable bonds is 2. The van der Waals surface area contributed by atoms with Crippen LogP contribution < -0.4 is 0 Å². The van der Waals surface area contributed by atoms with Gasteiger partial charge < -0.3 is 9.84 Å². The second-order valence-corrected chi connectivity index (χ2v) is 6.33. The van der Waals surface area contributed by atoms with Crippen molar-refractivity contribution in [1.29, 1.82) is 0 Å². The number of ether oxygens (including phenoxy) is 1. The van der Waals surface area contributed by atoms with Crippen molar-refractivity contribution in [1.82, 2.24) is 0 Å². The van der Waals surface area contributed by atoms with Gasteiger partial charge in [-0.05, 0) is 49.2 Å². The summed E-state index contributed by atoms with van der Waals surface area (Å²) < 4.78 is 6.36. The van der Waals surface area contributed by atoms with Crippen molar-refractivity contribution in [2.24, 2.45) is 0 Å². The van der Waals surface area contributed by atoms with Gasteiger partial charge in [0.15, 0.2) is 0 Å². The summed E-state index contributed by atoms with van der Waals surface area (Å²) in [7, 11) is 1.38. The molecule has 0 heterocycles. The summed E-state index contributed by atoms with van der Waals surface area (Å²) in [6.07, 6.45) is 0. The molecule has 0 saturated carbocycles. The summed E-state index contributed by atoms with van der Waals surface area (Å²) in [5.41, 5.74) is 2.62. The van der Waals surface area contributed by atoms with Crippen molar-refractivity contribution >= 4 is 43.8 Å². The summed E-state index contributed by atoms with van der Waals surface area (Å²) in [6, 6.07) is 10.6. The maximum Gasteiger partial charge on any atom is 0.338 e. The fourth-order valence-corrected chi connectivity index (χ4v) is 2.51. The molecular formula is C17H16Br2O4. The molecule has 2 aromatic carbocycles. The average Bonchev–Trinajstić information content (AvgIpc) is 2.52. The van der Waals surface area contributed by atoms with Crippen LogP contribution in [0.15, 0.2) is 45.3 Å². The summed E-state index contributed by atoms with van der Waals surface area (Å²) in [6.45, 7) is 3.64. The Morgan fingerprint density at radius 2 is 1.35 bits per heavy atom. The maximum atomic E-state index is 11.1. The molecule has 0 amide bonds. The highest BCUT2D eigenvalue weighted by Crippen LogP contribution is 2.20. The van der Waals surface area contributed by atoms with Gasteiger partial charge in [-0.25, -0.2) is 9.59 Å². The van der Waals surface area contributed by atoms with Gasteiger partial charge in [-0.1, -0.05) is 44.0 Å². The highest BCUT2D eigenvalue weighted by molar-refractivity contribution is 9.10. The lowest BCUT2D eigenvalue weighted by atomic mass is 10.1. The van der Waals surface area contributed by atoms with Crippen LogP contribution in [-0.2, 0) is 4.74 Å². The summed E-state index contributed by atoms with van der Waals surface area (Å²) in [5.74, 6) is -1.18. The normalized spacial score (nSPS) is 9.61. The van der Waals surface area contributed by atoms with Crippen molar-refractivity contribution in [3.05, 3.63) is 67.6 Å². The molecule has 0 aliphatic heterocycles. The Morgan fingerprint density at radius 1 is 0.913 bits per heavy atom. The number of carbonyl (C=O) groups is 2. The van der Waals surface area contributed by atoms with Crippen LogP contribution in [0.1, 0.15) is 31.8 Å². The lowest BCUT2D eigenvalue weighted by Gasteiger charge is -2.04. The molecule has 2 rings (SSSR count). The average molecular weight is 444 g/mol. The molecule has 0 bridgehead atoms. The highest BCUT2D eigenvalue weighted by Gasteiger charge is 2.09. The Labute approximate surface area is 151 Å². The van der Waals surface area contributed by atoms with Crippen molar-refractivity contribution in [2.45, 2.75) is 13.8 Å². The lowest BCUT2D eigenvalue weighted by Crippen LogP contribution is -2.03. The molecule has 0 fully saturated rings. The molecule has 0 atom stereocenters. The van der Waals surface area contributed by atoms with Gasteiger partial charge >= 0.3 is 11.9 Å². The van der Waals surface area contributed by atoms with Crippen LogP contribution in [0.5, 0.6) is 0 Å². The molecule has 23 heavy (non-hydrogen) atoms. The predicted molar refractivity (Wildman–Crippen MR) is 96.1 cm³/mol. The molecule has 122 valence electrons. The standard InChI is InChI=1S/C9H9BrO2.C8H7BrO2/c1-6-7(9(11)12-2)4-3-5-8(6)10;1-5-6(8(10)11)3-2-4-7(5)9/h3-5H,1-2H3;2-4H,1H3,(H,10,11). The van der Waals surface area contributed by atoms with Crippen molar-refractivity contribution in [2.75, 3.05) is 7.11 Å². The van der Waals surface area contributed by atoms with Gasteiger partial charge in [0, 0.05) is 8.95 Å². The van der Waals surface area contributed by atoms with Gasteiger partial charge in [-0.2, -0.15) is 0 Å². The van der Waals surface area contributed by atoms with E-state index in [-0.39, 0.29) is 5.97 Å². The van der Waals surface area contributed by atoms with E-state index < -0.39 is 5.97 Å². The minimum absolute atomic E-state index is 0.297. The monoisotopic (exact) mass is 442 g/mol. The first-order chi connectivity index (χ1) is 10.8. The number of carboxylic acid groups (broad SMARTS) is 1. The number of hydrogen-bond acceptors (Lipinski definition) is 3. The molecule has 1 N–H and O–H groups in total. The topological polar surface area (TPSA) is 63.6 Å². The first kappa shape index (κ1) is 19.4.